The van der Waals surface area contributed by atoms with E-state index < -0.39 is 0 Å². The molecule has 0 bridgehead atoms. The molecule has 4 rings (SSSR count). The first kappa shape index (κ1) is 18.2. The number of nitrogens with zero attached hydrogens (tertiary/aromatic N) is 2. The van der Waals surface area contributed by atoms with Crippen molar-refractivity contribution < 1.29 is 4.79 Å². The molecule has 1 heterocycles. The Hall–Kier alpha value is -2.13. The lowest BCUT2D eigenvalue weighted by Crippen LogP contribution is -2.48. The zero-order valence-corrected chi connectivity index (χ0v) is 16.3. The van der Waals surface area contributed by atoms with Crippen LogP contribution in [-0.2, 0) is 4.79 Å². The molecule has 2 aromatic rings. The summed E-state index contributed by atoms with van der Waals surface area (Å²) in [5.41, 5.74) is 2.55. The molecule has 2 aliphatic rings. The van der Waals surface area contributed by atoms with Gasteiger partial charge in [-0.2, -0.15) is 0 Å². The summed E-state index contributed by atoms with van der Waals surface area (Å²) >= 11 is 0. The summed E-state index contributed by atoms with van der Waals surface area (Å²) in [4.78, 5) is 17.3. The van der Waals surface area contributed by atoms with Crippen molar-refractivity contribution in [3.05, 3.63) is 66.2 Å². The molecular formula is C24H30N2O. The van der Waals surface area contributed by atoms with Crippen LogP contribution < -0.4 is 4.90 Å². The van der Waals surface area contributed by atoms with E-state index in [0.717, 1.165) is 43.5 Å². The van der Waals surface area contributed by atoms with E-state index in [1.165, 1.54) is 18.5 Å². The third-order valence-electron chi connectivity index (χ3n) is 6.17. The monoisotopic (exact) mass is 362 g/mol. The summed E-state index contributed by atoms with van der Waals surface area (Å²) in [5.74, 6) is 1.81. The molecule has 1 aliphatic heterocycles. The van der Waals surface area contributed by atoms with E-state index in [0.29, 0.717) is 12.5 Å². The van der Waals surface area contributed by atoms with Gasteiger partial charge in [0, 0.05) is 37.8 Å². The fourth-order valence-electron chi connectivity index (χ4n) is 4.57. The molecule has 1 aliphatic carbocycles. The highest BCUT2D eigenvalue weighted by Crippen LogP contribution is 2.47. The molecule has 0 aromatic heterocycles. The van der Waals surface area contributed by atoms with Gasteiger partial charge in [-0.3, -0.25) is 4.79 Å². The second kappa shape index (κ2) is 8.26. The van der Waals surface area contributed by atoms with Crippen molar-refractivity contribution in [1.29, 1.82) is 0 Å². The lowest BCUT2D eigenvalue weighted by atomic mass is 10.0. The van der Waals surface area contributed by atoms with Crippen molar-refractivity contribution >= 4 is 11.6 Å². The van der Waals surface area contributed by atoms with E-state index in [1.807, 2.05) is 25.1 Å². The van der Waals surface area contributed by atoms with Crippen molar-refractivity contribution in [2.75, 3.05) is 24.5 Å². The van der Waals surface area contributed by atoms with Crippen molar-refractivity contribution in [1.82, 2.24) is 4.90 Å². The van der Waals surface area contributed by atoms with Crippen molar-refractivity contribution in [2.24, 2.45) is 5.92 Å². The fourth-order valence-corrected chi connectivity index (χ4v) is 4.57. The van der Waals surface area contributed by atoms with Crippen LogP contribution in [0.1, 0.15) is 44.1 Å². The summed E-state index contributed by atoms with van der Waals surface area (Å²) in [6.45, 7) is 5.37. The Morgan fingerprint density at radius 2 is 1.63 bits per heavy atom. The lowest BCUT2D eigenvalue weighted by molar-refractivity contribution is -0.119. The zero-order chi connectivity index (χ0) is 18.6. The Morgan fingerprint density at radius 1 is 1.00 bits per heavy atom. The van der Waals surface area contributed by atoms with Gasteiger partial charge in [0.1, 0.15) is 0 Å². The van der Waals surface area contributed by atoms with Gasteiger partial charge in [0.05, 0.1) is 0 Å². The smallest absolute Gasteiger partial charge is 0.226 e. The molecule has 142 valence electrons. The number of carbonyl (C=O) groups excluding carboxylic acids is 1. The molecule has 2 fully saturated rings. The predicted molar refractivity (Wildman–Crippen MR) is 111 cm³/mol. The van der Waals surface area contributed by atoms with Crippen molar-refractivity contribution in [3.8, 4) is 0 Å². The quantitative estimate of drug-likeness (QED) is 0.744. The van der Waals surface area contributed by atoms with Crippen LogP contribution in [-0.4, -0.2) is 36.5 Å². The van der Waals surface area contributed by atoms with E-state index >= 15 is 0 Å². The SMILES string of the molecule is CCC(=O)N(c1ccccc1)C1CCN(CC2CC2c2ccccc2)CC1. The second-order valence-corrected chi connectivity index (χ2v) is 8.00. The number of rotatable bonds is 6. The van der Waals surface area contributed by atoms with Crippen molar-refractivity contribution in [3.63, 3.8) is 0 Å². The normalized spacial score (nSPS) is 23.1. The van der Waals surface area contributed by atoms with E-state index in [9.17, 15) is 4.79 Å². The van der Waals surface area contributed by atoms with Gasteiger partial charge in [0.25, 0.3) is 0 Å². The van der Waals surface area contributed by atoms with Gasteiger partial charge in [-0.05, 0) is 48.8 Å². The molecule has 2 aromatic carbocycles. The van der Waals surface area contributed by atoms with Crippen LogP contribution in [0.5, 0.6) is 0 Å². The van der Waals surface area contributed by atoms with E-state index in [4.69, 9.17) is 0 Å². The first-order chi connectivity index (χ1) is 13.3. The fraction of sp³-hybridized carbons (Fsp3) is 0.458. The number of amides is 1. The Balaban J connectivity index is 1.32. The molecule has 27 heavy (non-hydrogen) atoms. The highest BCUT2D eigenvalue weighted by atomic mass is 16.2. The molecule has 3 nitrogen and oxygen atoms in total. The Morgan fingerprint density at radius 3 is 2.26 bits per heavy atom. The standard InChI is InChI=1S/C24H30N2O/c1-2-24(27)26(21-11-7-4-8-12-21)22-13-15-25(16-14-22)18-20-17-23(20)19-9-5-3-6-10-19/h3-12,20,22-23H,2,13-18H2,1H3. The molecule has 1 saturated carbocycles. The minimum Gasteiger partial charge on any atom is -0.309 e. The van der Waals surface area contributed by atoms with Gasteiger partial charge in [0.15, 0.2) is 0 Å². The molecule has 0 radical (unpaired) electrons. The van der Waals surface area contributed by atoms with Crippen LogP contribution in [0.25, 0.3) is 0 Å². The number of para-hydroxylation sites is 1. The lowest BCUT2D eigenvalue weighted by Gasteiger charge is -2.38. The number of likely N-dealkylation sites (tertiary alicyclic amines) is 1. The first-order valence-corrected chi connectivity index (χ1v) is 10.4. The second-order valence-electron chi connectivity index (χ2n) is 8.00. The molecule has 2 atom stereocenters. The Labute approximate surface area is 163 Å². The van der Waals surface area contributed by atoms with E-state index in [1.54, 1.807) is 0 Å². The van der Waals surface area contributed by atoms with Gasteiger partial charge in [-0.25, -0.2) is 0 Å². The van der Waals surface area contributed by atoms with Crippen LogP contribution in [0.2, 0.25) is 0 Å². The Kier molecular flexibility index (Phi) is 5.58. The number of hydrogen-bond acceptors (Lipinski definition) is 2. The highest BCUT2D eigenvalue weighted by Gasteiger charge is 2.40. The van der Waals surface area contributed by atoms with Gasteiger partial charge in [0.2, 0.25) is 5.91 Å². The Bertz CT molecular complexity index is 737. The third kappa shape index (κ3) is 4.24. The maximum atomic E-state index is 12.6. The number of piperidine rings is 1. The average molecular weight is 363 g/mol. The molecular weight excluding hydrogens is 332 g/mol. The zero-order valence-electron chi connectivity index (χ0n) is 16.3. The largest absolute Gasteiger partial charge is 0.309 e. The van der Waals surface area contributed by atoms with Crippen LogP contribution >= 0.6 is 0 Å². The van der Waals surface area contributed by atoms with Crippen LogP contribution in [0.3, 0.4) is 0 Å². The van der Waals surface area contributed by atoms with E-state index in [-0.39, 0.29) is 5.91 Å². The summed E-state index contributed by atoms with van der Waals surface area (Å²) in [7, 11) is 0. The van der Waals surface area contributed by atoms with Crippen LogP contribution in [0.4, 0.5) is 5.69 Å². The molecule has 3 heteroatoms. The number of benzene rings is 2. The van der Waals surface area contributed by atoms with Crippen LogP contribution in [0.15, 0.2) is 60.7 Å². The maximum Gasteiger partial charge on any atom is 0.226 e. The van der Waals surface area contributed by atoms with Crippen molar-refractivity contribution in [2.45, 2.75) is 44.6 Å². The number of hydrogen-bond donors (Lipinski definition) is 0. The maximum absolute atomic E-state index is 12.6. The summed E-state index contributed by atoms with van der Waals surface area (Å²) in [5, 5.41) is 0. The van der Waals surface area contributed by atoms with Gasteiger partial charge >= 0.3 is 0 Å². The van der Waals surface area contributed by atoms with Gasteiger partial charge < -0.3 is 9.80 Å². The highest BCUT2D eigenvalue weighted by molar-refractivity contribution is 5.93. The summed E-state index contributed by atoms with van der Waals surface area (Å²) < 4.78 is 0. The van der Waals surface area contributed by atoms with Crippen LogP contribution in [0, 0.1) is 5.92 Å². The minimum atomic E-state index is 0.242. The van der Waals surface area contributed by atoms with Gasteiger partial charge in [-0.15, -0.1) is 0 Å². The van der Waals surface area contributed by atoms with Gasteiger partial charge in [-0.1, -0.05) is 55.5 Å². The topological polar surface area (TPSA) is 23.6 Å². The number of carbonyl (C=O) groups is 1. The molecule has 1 saturated heterocycles. The summed E-state index contributed by atoms with van der Waals surface area (Å²) in [6, 6.07) is 21.5. The number of anilines is 1. The van der Waals surface area contributed by atoms with E-state index in [2.05, 4.69) is 52.3 Å². The first-order valence-electron chi connectivity index (χ1n) is 10.4. The predicted octanol–water partition coefficient (Wildman–Crippen LogP) is 4.70. The molecule has 0 spiro atoms. The average Bonchev–Trinajstić information content (AvgIpc) is 3.50. The molecule has 1 amide bonds. The molecule has 2 unspecified atom stereocenters. The minimum absolute atomic E-state index is 0.242. The summed E-state index contributed by atoms with van der Waals surface area (Å²) in [6.07, 6.45) is 4.04. The third-order valence-corrected chi connectivity index (χ3v) is 6.17. The molecule has 0 N–H and O–H groups in total.